The number of benzene rings is 1. The molecule has 29 heavy (non-hydrogen) atoms. The molecule has 1 aliphatic rings. The van der Waals surface area contributed by atoms with Crippen molar-refractivity contribution in [2.75, 3.05) is 7.11 Å². The van der Waals surface area contributed by atoms with Gasteiger partial charge < -0.3 is 8.92 Å². The predicted octanol–water partition coefficient (Wildman–Crippen LogP) is 4.91. The summed E-state index contributed by atoms with van der Waals surface area (Å²) in [6.07, 6.45) is 2.85. The number of rotatable bonds is 5. The molecule has 0 aromatic heterocycles. The second kappa shape index (κ2) is 8.44. The molecule has 0 bridgehead atoms. The second-order valence-electron chi connectivity index (χ2n) is 6.49. The topological polar surface area (TPSA) is 69.7 Å². The molecule has 1 aromatic carbocycles. The monoisotopic (exact) mass is 430 g/mol. The first kappa shape index (κ1) is 22.7. The number of ether oxygens (including phenoxy) is 1. The Balaban J connectivity index is 2.78. The van der Waals surface area contributed by atoms with Crippen LogP contribution in [0.3, 0.4) is 0 Å². The van der Waals surface area contributed by atoms with Gasteiger partial charge in [0.2, 0.25) is 0 Å². The molecule has 1 aromatic rings. The van der Waals surface area contributed by atoms with Crippen LogP contribution in [0.1, 0.15) is 48.2 Å². The van der Waals surface area contributed by atoms with Crippen LogP contribution in [0.2, 0.25) is 0 Å². The zero-order valence-electron chi connectivity index (χ0n) is 16.2. The molecule has 0 fully saturated rings. The van der Waals surface area contributed by atoms with Crippen LogP contribution in [0.4, 0.5) is 13.2 Å². The number of carbonyl (C=O) groups is 1. The van der Waals surface area contributed by atoms with Crippen molar-refractivity contribution in [2.24, 2.45) is 0 Å². The fourth-order valence-electron chi connectivity index (χ4n) is 3.19. The molecule has 0 heterocycles. The summed E-state index contributed by atoms with van der Waals surface area (Å²) in [4.78, 5) is 11.8. The van der Waals surface area contributed by atoms with E-state index >= 15 is 0 Å². The number of alkyl halides is 3. The Morgan fingerprint density at radius 3 is 2.41 bits per heavy atom. The lowest BCUT2D eigenvalue weighted by Gasteiger charge is -2.19. The van der Waals surface area contributed by atoms with Gasteiger partial charge in [0.25, 0.3) is 0 Å². The van der Waals surface area contributed by atoms with Crippen LogP contribution in [0.15, 0.2) is 47.6 Å². The normalized spacial score (nSPS) is 15.4. The Morgan fingerprint density at radius 2 is 1.90 bits per heavy atom. The van der Waals surface area contributed by atoms with E-state index in [4.69, 9.17) is 0 Å². The molecule has 0 saturated heterocycles. The van der Waals surface area contributed by atoms with Gasteiger partial charge in [-0.05, 0) is 56.4 Å². The first-order valence-electron chi connectivity index (χ1n) is 8.71. The second-order valence-corrected chi connectivity index (χ2v) is 8.03. The van der Waals surface area contributed by atoms with E-state index in [1.165, 1.54) is 25.3 Å². The SMILES string of the molecule is C=C(C)/C(=C\C)C1=C(OS(=O)(=O)C(F)(F)F)c2ccc(C(=O)OC)cc2CCC1. The van der Waals surface area contributed by atoms with Crippen molar-refractivity contribution >= 4 is 21.8 Å². The molecule has 0 unspecified atom stereocenters. The maximum absolute atomic E-state index is 13.0. The van der Waals surface area contributed by atoms with Crippen molar-refractivity contribution in [3.8, 4) is 0 Å². The van der Waals surface area contributed by atoms with E-state index in [0.29, 0.717) is 35.1 Å². The van der Waals surface area contributed by atoms with Gasteiger partial charge in [0.15, 0.2) is 5.76 Å². The van der Waals surface area contributed by atoms with Gasteiger partial charge in [0.1, 0.15) is 0 Å². The first-order chi connectivity index (χ1) is 13.4. The highest BCUT2D eigenvalue weighted by Gasteiger charge is 2.49. The first-order valence-corrected chi connectivity index (χ1v) is 10.1. The van der Waals surface area contributed by atoms with E-state index < -0.39 is 27.4 Å². The minimum atomic E-state index is -5.89. The van der Waals surface area contributed by atoms with Crippen LogP contribution in [0, 0.1) is 0 Å². The quantitative estimate of drug-likeness (QED) is 0.287. The van der Waals surface area contributed by atoms with Crippen LogP contribution >= 0.6 is 0 Å². The summed E-state index contributed by atoms with van der Waals surface area (Å²) in [5.74, 6) is -1.01. The summed E-state index contributed by atoms with van der Waals surface area (Å²) in [6, 6.07) is 4.21. The molecule has 2 rings (SSSR count). The molecule has 0 spiro atoms. The zero-order chi connectivity index (χ0) is 22.0. The van der Waals surface area contributed by atoms with Gasteiger partial charge in [-0.1, -0.05) is 24.3 Å². The summed E-state index contributed by atoms with van der Waals surface area (Å²) in [6.45, 7) is 7.18. The molecule has 0 aliphatic heterocycles. The van der Waals surface area contributed by atoms with Crippen molar-refractivity contribution in [2.45, 2.75) is 38.6 Å². The molecule has 158 valence electrons. The number of esters is 1. The Bertz CT molecular complexity index is 1000. The molecular formula is C20H21F3O5S. The highest BCUT2D eigenvalue weighted by Crippen LogP contribution is 2.40. The Morgan fingerprint density at radius 1 is 1.24 bits per heavy atom. The minimum Gasteiger partial charge on any atom is -0.465 e. The third-order valence-corrected chi connectivity index (χ3v) is 5.42. The lowest BCUT2D eigenvalue weighted by molar-refractivity contribution is -0.0509. The number of halogens is 3. The summed E-state index contributed by atoms with van der Waals surface area (Å²) in [7, 11) is -4.68. The summed E-state index contributed by atoms with van der Waals surface area (Å²) in [5.41, 5.74) is -3.31. The molecule has 0 saturated carbocycles. The highest BCUT2D eigenvalue weighted by molar-refractivity contribution is 7.87. The highest BCUT2D eigenvalue weighted by atomic mass is 32.2. The molecule has 0 amide bonds. The Labute approximate surface area is 167 Å². The van der Waals surface area contributed by atoms with Crippen molar-refractivity contribution in [3.05, 3.63) is 64.3 Å². The maximum Gasteiger partial charge on any atom is 0.534 e. The molecular weight excluding hydrogens is 409 g/mol. The van der Waals surface area contributed by atoms with Crippen molar-refractivity contribution in [3.63, 3.8) is 0 Å². The van der Waals surface area contributed by atoms with Crippen molar-refractivity contribution < 1.29 is 35.3 Å². The van der Waals surface area contributed by atoms with Gasteiger partial charge in [-0.15, -0.1) is 0 Å². The fraction of sp³-hybridized carbons (Fsp3) is 0.350. The van der Waals surface area contributed by atoms with Crippen LogP contribution in [-0.4, -0.2) is 27.0 Å². The van der Waals surface area contributed by atoms with Gasteiger partial charge in [-0.25, -0.2) is 4.79 Å². The standard InChI is InChI=1S/C20H21F3O5S/c1-5-15(12(2)3)17-8-6-7-13-11-14(19(24)27-4)9-10-16(13)18(17)28-29(25,26)20(21,22)23/h5,9-11H,2,6-8H2,1,3-4H3/b15-5+. The summed E-state index contributed by atoms with van der Waals surface area (Å²) >= 11 is 0. The van der Waals surface area contributed by atoms with Gasteiger partial charge in [0, 0.05) is 11.1 Å². The Hall–Kier alpha value is -2.55. The van der Waals surface area contributed by atoms with E-state index in [-0.39, 0.29) is 17.5 Å². The molecule has 5 nitrogen and oxygen atoms in total. The molecule has 1 aliphatic carbocycles. The molecule has 0 radical (unpaired) electrons. The van der Waals surface area contributed by atoms with Crippen LogP contribution < -0.4 is 0 Å². The average molecular weight is 430 g/mol. The number of hydrogen-bond donors (Lipinski definition) is 0. The third-order valence-electron chi connectivity index (χ3n) is 4.47. The number of carbonyl (C=O) groups excluding carboxylic acids is 1. The summed E-state index contributed by atoms with van der Waals surface area (Å²) in [5, 5.41) is 0. The fourth-order valence-corrected chi connectivity index (χ4v) is 3.69. The van der Waals surface area contributed by atoms with E-state index in [1.807, 2.05) is 0 Å². The average Bonchev–Trinajstić information content (AvgIpc) is 2.79. The Kier molecular flexibility index (Phi) is 6.62. The minimum absolute atomic E-state index is 0.179. The number of hydrogen-bond acceptors (Lipinski definition) is 5. The lowest BCUT2D eigenvalue weighted by atomic mass is 9.94. The number of fused-ring (bicyclic) bond motifs is 1. The number of aryl methyl sites for hydroxylation is 1. The van der Waals surface area contributed by atoms with Crippen molar-refractivity contribution in [1.29, 1.82) is 0 Å². The molecule has 0 atom stereocenters. The van der Waals surface area contributed by atoms with Crippen LogP contribution in [-0.2, 0) is 25.5 Å². The zero-order valence-corrected chi connectivity index (χ0v) is 17.0. The summed E-state index contributed by atoms with van der Waals surface area (Å²) < 4.78 is 72.0. The predicted molar refractivity (Wildman–Crippen MR) is 102 cm³/mol. The number of methoxy groups -OCH3 is 1. The van der Waals surface area contributed by atoms with Gasteiger partial charge in [-0.3, -0.25) is 0 Å². The number of allylic oxidation sites excluding steroid dienone is 4. The van der Waals surface area contributed by atoms with E-state index in [9.17, 15) is 26.4 Å². The largest absolute Gasteiger partial charge is 0.534 e. The van der Waals surface area contributed by atoms with E-state index in [0.717, 1.165) is 0 Å². The van der Waals surface area contributed by atoms with E-state index in [1.54, 1.807) is 19.9 Å². The van der Waals surface area contributed by atoms with Gasteiger partial charge >= 0.3 is 21.6 Å². The molecule has 0 N–H and O–H groups in total. The third kappa shape index (κ3) is 4.72. The molecule has 9 heteroatoms. The lowest BCUT2D eigenvalue weighted by Crippen LogP contribution is -2.25. The smallest absolute Gasteiger partial charge is 0.465 e. The van der Waals surface area contributed by atoms with E-state index in [2.05, 4.69) is 15.5 Å². The maximum atomic E-state index is 13.0. The van der Waals surface area contributed by atoms with Crippen molar-refractivity contribution in [1.82, 2.24) is 0 Å². The van der Waals surface area contributed by atoms with Crippen LogP contribution in [0.25, 0.3) is 5.76 Å². The van der Waals surface area contributed by atoms with Gasteiger partial charge in [-0.2, -0.15) is 21.6 Å². The van der Waals surface area contributed by atoms with Gasteiger partial charge in [0.05, 0.1) is 12.7 Å². The van der Waals surface area contributed by atoms with Crippen LogP contribution in [0.5, 0.6) is 0 Å².